The van der Waals surface area contributed by atoms with Crippen LogP contribution in [0.15, 0.2) is 77.5 Å². The third kappa shape index (κ3) is 8.53. The molecule has 0 saturated carbocycles. The third-order valence-electron chi connectivity index (χ3n) is 5.64. The van der Waals surface area contributed by atoms with E-state index >= 15 is 0 Å². The molecule has 12 heteroatoms. The summed E-state index contributed by atoms with van der Waals surface area (Å²) in [5, 5.41) is 10.6. The lowest BCUT2D eigenvalue weighted by Gasteiger charge is -2.22. The number of aromatic nitrogens is 1. The van der Waals surface area contributed by atoms with Gasteiger partial charge >= 0.3 is 6.09 Å². The summed E-state index contributed by atoms with van der Waals surface area (Å²) in [7, 11) is 2.70. The largest absolute Gasteiger partial charge is 0.453 e. The van der Waals surface area contributed by atoms with Crippen LogP contribution in [-0.2, 0) is 31.6 Å². The van der Waals surface area contributed by atoms with Crippen molar-refractivity contribution in [1.29, 1.82) is 0 Å². The number of benzene rings is 2. The lowest BCUT2D eigenvalue weighted by atomic mass is 10.0. The van der Waals surface area contributed by atoms with Crippen molar-refractivity contribution in [2.75, 3.05) is 18.9 Å². The van der Waals surface area contributed by atoms with Gasteiger partial charge in [-0.2, -0.15) is 0 Å². The molecule has 0 saturated heterocycles. The molecular formula is C27H28N4O5S3. The van der Waals surface area contributed by atoms with Gasteiger partial charge in [-0.05, 0) is 41.1 Å². The van der Waals surface area contributed by atoms with Crippen molar-refractivity contribution in [3.05, 3.63) is 93.6 Å². The smallest absolute Gasteiger partial charge is 0.407 e. The Hall–Kier alpha value is -3.42. The van der Waals surface area contributed by atoms with Crippen LogP contribution in [0.4, 0.5) is 10.5 Å². The van der Waals surface area contributed by atoms with Crippen LogP contribution in [0.3, 0.4) is 0 Å². The number of hydrogen-bond donors (Lipinski definition) is 3. The Kier molecular flexibility index (Phi) is 10.7. The first-order valence-corrected chi connectivity index (χ1v) is 14.4. The quantitative estimate of drug-likeness (QED) is 0.0595. The molecule has 2 atom stereocenters. The first-order chi connectivity index (χ1) is 19.1. The van der Waals surface area contributed by atoms with Crippen LogP contribution in [-0.4, -0.2) is 37.2 Å². The third-order valence-corrected chi connectivity index (χ3v) is 8.02. The molecule has 4 aromatic rings. The van der Waals surface area contributed by atoms with E-state index in [-0.39, 0.29) is 5.91 Å². The van der Waals surface area contributed by atoms with Gasteiger partial charge in [-0.3, -0.25) is 4.79 Å². The van der Waals surface area contributed by atoms with Crippen molar-refractivity contribution in [3.63, 3.8) is 0 Å². The molecule has 9 nitrogen and oxygen atoms in total. The molecule has 3 N–H and O–H groups in total. The molecule has 2 aromatic heterocycles. The number of anilines is 1. The molecule has 4 rings (SSSR count). The van der Waals surface area contributed by atoms with E-state index in [2.05, 4.69) is 20.2 Å². The van der Waals surface area contributed by atoms with Gasteiger partial charge in [0, 0.05) is 17.5 Å². The molecule has 0 fully saturated rings. The lowest BCUT2D eigenvalue weighted by molar-refractivity contribution is -0.159. The summed E-state index contributed by atoms with van der Waals surface area (Å²) < 4.78 is 12.6. The van der Waals surface area contributed by atoms with E-state index in [1.165, 1.54) is 25.6 Å². The maximum Gasteiger partial charge on any atom is 0.407 e. The molecule has 2 unspecified atom stereocenters. The Morgan fingerprint density at radius 1 is 0.923 bits per heavy atom. The summed E-state index contributed by atoms with van der Waals surface area (Å²) >= 11 is 4.06. The minimum atomic E-state index is -0.830. The summed E-state index contributed by atoms with van der Waals surface area (Å²) in [6.07, 6.45) is 0.144. The van der Waals surface area contributed by atoms with E-state index in [1.807, 2.05) is 77.5 Å². The fourth-order valence-electron chi connectivity index (χ4n) is 3.76. The fraction of sp³-hybridized carbons (Fsp3) is 0.222. The number of alkyl carbamates (subject to hydrolysis) is 1. The van der Waals surface area contributed by atoms with Crippen LogP contribution >= 0.6 is 34.9 Å². The van der Waals surface area contributed by atoms with Crippen LogP contribution < -0.4 is 15.4 Å². The van der Waals surface area contributed by atoms with Crippen molar-refractivity contribution in [3.8, 4) is 10.6 Å². The average molecular weight is 585 g/mol. The van der Waals surface area contributed by atoms with E-state index in [0.717, 1.165) is 44.6 Å². The Morgan fingerprint density at radius 3 is 2.38 bits per heavy atom. The Balaban J connectivity index is 1.55. The highest BCUT2D eigenvalue weighted by Gasteiger charge is 2.26. The molecule has 0 bridgehead atoms. The number of thiazole rings is 1. The number of amides is 2. The fourth-order valence-corrected chi connectivity index (χ4v) is 5.73. The Labute approximate surface area is 239 Å². The zero-order valence-corrected chi connectivity index (χ0v) is 23.7. The van der Waals surface area contributed by atoms with E-state index in [4.69, 9.17) is 14.1 Å². The van der Waals surface area contributed by atoms with Gasteiger partial charge in [0.1, 0.15) is 23.3 Å². The van der Waals surface area contributed by atoms with Crippen LogP contribution in [0.5, 0.6) is 0 Å². The SMILES string of the molecule is COOSNc1ccc(CC(NC(=O)C(Cc2ccccc2)NC(=O)OC)c2nc(-c3cccs3)cs2)cc1. The summed E-state index contributed by atoms with van der Waals surface area (Å²) in [5.41, 5.74) is 3.61. The second-order valence-corrected chi connectivity index (χ2v) is 10.7. The molecule has 0 radical (unpaired) electrons. The predicted octanol–water partition coefficient (Wildman–Crippen LogP) is 5.79. The minimum absolute atomic E-state index is 0.314. The van der Waals surface area contributed by atoms with Gasteiger partial charge in [0.05, 0.1) is 30.8 Å². The zero-order chi connectivity index (χ0) is 27.5. The summed E-state index contributed by atoms with van der Waals surface area (Å²) in [5.74, 6) is -0.325. The molecule has 0 spiro atoms. The number of rotatable bonds is 13. The molecule has 2 aromatic carbocycles. The van der Waals surface area contributed by atoms with Gasteiger partial charge in [0.25, 0.3) is 0 Å². The number of ether oxygens (including phenoxy) is 1. The van der Waals surface area contributed by atoms with Crippen molar-refractivity contribution < 1.29 is 23.5 Å². The Bertz CT molecular complexity index is 1320. The summed E-state index contributed by atoms with van der Waals surface area (Å²) in [4.78, 5) is 36.1. The van der Waals surface area contributed by atoms with Crippen molar-refractivity contribution in [2.24, 2.45) is 0 Å². The second-order valence-electron chi connectivity index (χ2n) is 8.31. The summed E-state index contributed by atoms with van der Waals surface area (Å²) in [6, 6.07) is 20.0. The molecule has 0 aliphatic rings. The van der Waals surface area contributed by atoms with Gasteiger partial charge in [-0.25, -0.2) is 14.7 Å². The minimum Gasteiger partial charge on any atom is -0.453 e. The maximum absolute atomic E-state index is 13.6. The first-order valence-electron chi connectivity index (χ1n) is 11.9. The maximum atomic E-state index is 13.6. The molecule has 0 aliphatic carbocycles. The van der Waals surface area contributed by atoms with Gasteiger partial charge in [-0.1, -0.05) is 48.5 Å². The monoisotopic (exact) mass is 584 g/mol. The molecule has 2 heterocycles. The number of thiophene rings is 1. The highest BCUT2D eigenvalue weighted by atomic mass is 32.2. The standard InChI is InChI=1S/C27H28N4O5S3/c1-34-27(33)30-21(15-18-7-4-3-5-8-18)25(32)28-22(26-29-23(17-38-26)24-9-6-14-37-24)16-19-10-12-20(13-11-19)31-39-36-35-2/h3-14,17,21-22,31H,15-16H2,1-2H3,(H,28,32)(H,30,33). The number of nitrogens with one attached hydrogen (secondary N) is 3. The molecule has 2 amide bonds. The first kappa shape index (κ1) is 28.6. The van der Waals surface area contributed by atoms with Crippen LogP contribution in [0.2, 0.25) is 0 Å². The topological polar surface area (TPSA) is 111 Å². The zero-order valence-electron chi connectivity index (χ0n) is 21.3. The van der Waals surface area contributed by atoms with E-state index in [1.54, 1.807) is 11.3 Å². The molecular weight excluding hydrogens is 557 g/mol. The van der Waals surface area contributed by atoms with Gasteiger partial charge in [-0.15, -0.1) is 27.0 Å². The predicted molar refractivity (Wildman–Crippen MR) is 155 cm³/mol. The van der Waals surface area contributed by atoms with Crippen LogP contribution in [0.1, 0.15) is 22.2 Å². The average Bonchev–Trinajstić information content (AvgIpc) is 3.67. The van der Waals surface area contributed by atoms with Crippen molar-refractivity contribution >= 4 is 52.6 Å². The highest BCUT2D eigenvalue weighted by Crippen LogP contribution is 2.30. The van der Waals surface area contributed by atoms with Crippen molar-refractivity contribution in [1.82, 2.24) is 15.6 Å². The van der Waals surface area contributed by atoms with Gasteiger partial charge < -0.3 is 20.1 Å². The summed E-state index contributed by atoms with van der Waals surface area (Å²) in [6.45, 7) is 0. The number of carbonyl (C=O) groups is 2. The number of methoxy groups -OCH3 is 1. The highest BCUT2D eigenvalue weighted by molar-refractivity contribution is 7.95. The molecule has 39 heavy (non-hydrogen) atoms. The molecule has 204 valence electrons. The van der Waals surface area contributed by atoms with Gasteiger partial charge in [0.15, 0.2) is 0 Å². The number of nitrogens with zero attached hydrogens (tertiary/aromatic N) is 1. The van der Waals surface area contributed by atoms with E-state index in [0.29, 0.717) is 12.8 Å². The number of hydrogen-bond acceptors (Lipinski definition) is 10. The van der Waals surface area contributed by atoms with Gasteiger partial charge in [0.2, 0.25) is 5.91 Å². The Morgan fingerprint density at radius 2 is 1.69 bits per heavy atom. The van der Waals surface area contributed by atoms with E-state index in [9.17, 15) is 9.59 Å². The van der Waals surface area contributed by atoms with Crippen LogP contribution in [0, 0.1) is 0 Å². The molecule has 0 aliphatic heterocycles. The number of carbonyl (C=O) groups excluding carboxylic acids is 2. The van der Waals surface area contributed by atoms with E-state index < -0.39 is 18.2 Å². The van der Waals surface area contributed by atoms with Crippen LogP contribution in [0.25, 0.3) is 10.6 Å². The second kappa shape index (κ2) is 14.7. The lowest BCUT2D eigenvalue weighted by Crippen LogP contribution is -2.49. The normalized spacial score (nSPS) is 12.4. The van der Waals surface area contributed by atoms with Crippen molar-refractivity contribution in [2.45, 2.75) is 24.9 Å².